The van der Waals surface area contributed by atoms with Crippen molar-refractivity contribution in [1.29, 1.82) is 0 Å². The Labute approximate surface area is 207 Å². The fourth-order valence-corrected chi connectivity index (χ4v) is 4.03. The van der Waals surface area contributed by atoms with E-state index >= 15 is 0 Å². The van der Waals surface area contributed by atoms with Gasteiger partial charge in [-0.05, 0) is 42.3 Å². The van der Waals surface area contributed by atoms with Crippen LogP contribution in [0.25, 0.3) is 33.6 Å². The third-order valence-corrected chi connectivity index (χ3v) is 5.81. The quantitative estimate of drug-likeness (QED) is 0.341. The van der Waals surface area contributed by atoms with Crippen molar-refractivity contribution in [3.05, 3.63) is 89.7 Å². The molecule has 5 rings (SSSR count). The van der Waals surface area contributed by atoms with Crippen LogP contribution in [0.5, 0.6) is 11.5 Å². The fraction of sp³-hybridized carbons (Fsp3) is 0.143. The number of rotatable bonds is 7. The summed E-state index contributed by atoms with van der Waals surface area (Å²) < 4.78 is 16.3. The van der Waals surface area contributed by atoms with Crippen molar-refractivity contribution >= 4 is 17.0 Å². The lowest BCUT2D eigenvalue weighted by Crippen LogP contribution is -2.23. The van der Waals surface area contributed by atoms with Gasteiger partial charge >= 0.3 is 0 Å². The average Bonchev–Trinajstić information content (AvgIpc) is 3.35. The lowest BCUT2D eigenvalue weighted by atomic mass is 10.0. The van der Waals surface area contributed by atoms with E-state index in [1.54, 1.807) is 38.7 Å². The third-order valence-electron chi connectivity index (χ3n) is 5.81. The second kappa shape index (κ2) is 9.87. The summed E-state index contributed by atoms with van der Waals surface area (Å²) in [6.45, 7) is 2.24. The van der Waals surface area contributed by atoms with Gasteiger partial charge in [-0.25, -0.2) is 4.98 Å². The molecule has 0 aliphatic carbocycles. The predicted molar refractivity (Wildman–Crippen MR) is 136 cm³/mol. The summed E-state index contributed by atoms with van der Waals surface area (Å²) in [7, 11) is 3.16. The van der Waals surface area contributed by atoms with Crippen LogP contribution in [0.4, 0.5) is 0 Å². The minimum Gasteiger partial charge on any atom is -0.493 e. The molecule has 180 valence electrons. The highest BCUT2D eigenvalue weighted by Gasteiger charge is 2.22. The molecule has 0 aliphatic heterocycles. The van der Waals surface area contributed by atoms with E-state index in [0.29, 0.717) is 33.8 Å². The number of aromatic nitrogens is 3. The molecule has 8 heteroatoms. The largest absolute Gasteiger partial charge is 0.493 e. The lowest BCUT2D eigenvalue weighted by molar-refractivity contribution is 0.0952. The Hall–Kier alpha value is -4.72. The second-order valence-electron chi connectivity index (χ2n) is 8.26. The number of nitrogens with zero attached hydrogens (tertiary/aromatic N) is 3. The van der Waals surface area contributed by atoms with E-state index in [1.807, 2.05) is 55.5 Å². The van der Waals surface area contributed by atoms with E-state index in [2.05, 4.69) is 20.4 Å². The Morgan fingerprint density at radius 3 is 2.50 bits per heavy atom. The van der Waals surface area contributed by atoms with Gasteiger partial charge in [0.15, 0.2) is 11.5 Å². The maximum absolute atomic E-state index is 13.6. The molecule has 0 spiro atoms. The number of carbonyl (C=O) groups excluding carboxylic acids is 1. The van der Waals surface area contributed by atoms with Crippen LogP contribution in [-0.4, -0.2) is 35.3 Å². The van der Waals surface area contributed by atoms with Crippen molar-refractivity contribution in [3.8, 4) is 34.0 Å². The van der Waals surface area contributed by atoms with Gasteiger partial charge in [-0.15, -0.1) is 0 Å². The van der Waals surface area contributed by atoms with E-state index in [1.165, 1.54) is 0 Å². The van der Waals surface area contributed by atoms with Crippen molar-refractivity contribution in [2.24, 2.45) is 0 Å². The number of methoxy groups -OCH3 is 2. The minimum atomic E-state index is -0.278. The second-order valence-corrected chi connectivity index (χ2v) is 8.26. The van der Waals surface area contributed by atoms with E-state index in [4.69, 9.17) is 14.0 Å². The number of hydrogen-bond donors (Lipinski definition) is 1. The first-order chi connectivity index (χ1) is 17.6. The molecule has 5 aromatic rings. The molecule has 0 saturated heterocycles. The number of benzene rings is 2. The zero-order chi connectivity index (χ0) is 25.1. The third kappa shape index (κ3) is 4.48. The average molecular weight is 481 g/mol. The summed E-state index contributed by atoms with van der Waals surface area (Å²) in [6.07, 6.45) is 3.47. The van der Waals surface area contributed by atoms with E-state index in [9.17, 15) is 4.79 Å². The van der Waals surface area contributed by atoms with Crippen LogP contribution >= 0.6 is 0 Å². The van der Waals surface area contributed by atoms with Gasteiger partial charge in [0.05, 0.1) is 30.9 Å². The number of aryl methyl sites for hydroxylation is 1. The Balaban J connectivity index is 1.56. The first-order valence-electron chi connectivity index (χ1n) is 11.3. The molecule has 36 heavy (non-hydrogen) atoms. The Bertz CT molecular complexity index is 1550. The normalized spacial score (nSPS) is 10.9. The molecule has 0 saturated carbocycles. The molecule has 1 N–H and O–H groups in total. The van der Waals surface area contributed by atoms with Crippen LogP contribution in [-0.2, 0) is 6.54 Å². The van der Waals surface area contributed by atoms with Crippen LogP contribution in [0.15, 0.2) is 77.6 Å². The summed E-state index contributed by atoms with van der Waals surface area (Å²) in [4.78, 5) is 22.5. The van der Waals surface area contributed by atoms with Crippen LogP contribution in [0.1, 0.15) is 21.5 Å². The first-order valence-corrected chi connectivity index (χ1v) is 11.3. The highest BCUT2D eigenvalue weighted by atomic mass is 16.5. The fourth-order valence-electron chi connectivity index (χ4n) is 4.03. The lowest BCUT2D eigenvalue weighted by Gasteiger charge is -2.11. The smallest absolute Gasteiger partial charge is 0.259 e. The van der Waals surface area contributed by atoms with Gasteiger partial charge in [0.1, 0.15) is 5.69 Å². The topological polar surface area (TPSA) is 99.4 Å². The number of ether oxygens (including phenoxy) is 2. The van der Waals surface area contributed by atoms with Gasteiger partial charge in [-0.2, -0.15) is 0 Å². The molecule has 0 atom stereocenters. The van der Waals surface area contributed by atoms with Gasteiger partial charge in [-0.3, -0.25) is 9.78 Å². The molecule has 0 fully saturated rings. The summed E-state index contributed by atoms with van der Waals surface area (Å²) in [6, 6.07) is 18.8. The van der Waals surface area contributed by atoms with Crippen LogP contribution in [0, 0.1) is 6.92 Å². The van der Waals surface area contributed by atoms with Crippen molar-refractivity contribution < 1.29 is 18.8 Å². The predicted octanol–water partition coefficient (Wildman–Crippen LogP) is 5.21. The van der Waals surface area contributed by atoms with E-state index in [0.717, 1.165) is 22.3 Å². The molecule has 1 amide bonds. The van der Waals surface area contributed by atoms with Gasteiger partial charge < -0.3 is 19.3 Å². The molecule has 0 unspecified atom stereocenters. The van der Waals surface area contributed by atoms with Crippen LogP contribution < -0.4 is 14.8 Å². The number of fused-ring (bicyclic) bond motifs is 1. The molecule has 0 bridgehead atoms. The summed E-state index contributed by atoms with van der Waals surface area (Å²) in [5.74, 6) is 0.936. The van der Waals surface area contributed by atoms with Gasteiger partial charge in [-0.1, -0.05) is 41.6 Å². The zero-order valence-electron chi connectivity index (χ0n) is 20.1. The standard InChI is InChI=1S/C28H24N4O4/c1-17-11-20(16-29-14-17)22-13-21(25-26(32-36-28(25)31-22)19-7-5-4-6-8-19)27(33)30-15-18-9-10-23(34-2)24(12-18)35-3/h4-14,16H,15H2,1-3H3,(H,30,33). The minimum absolute atomic E-state index is 0.278. The van der Waals surface area contributed by atoms with E-state index < -0.39 is 0 Å². The highest BCUT2D eigenvalue weighted by Crippen LogP contribution is 2.33. The Morgan fingerprint density at radius 1 is 0.944 bits per heavy atom. The van der Waals surface area contributed by atoms with Crippen molar-refractivity contribution in [2.75, 3.05) is 14.2 Å². The van der Waals surface area contributed by atoms with Crippen molar-refractivity contribution in [1.82, 2.24) is 20.4 Å². The number of pyridine rings is 2. The monoisotopic (exact) mass is 480 g/mol. The van der Waals surface area contributed by atoms with E-state index in [-0.39, 0.29) is 18.2 Å². The highest BCUT2D eigenvalue weighted by molar-refractivity contribution is 6.10. The van der Waals surface area contributed by atoms with Crippen molar-refractivity contribution in [2.45, 2.75) is 13.5 Å². The summed E-state index contributed by atoms with van der Waals surface area (Å²) >= 11 is 0. The van der Waals surface area contributed by atoms with Crippen LogP contribution in [0.3, 0.4) is 0 Å². The molecule has 2 aromatic carbocycles. The SMILES string of the molecule is COc1ccc(CNC(=O)c2cc(-c3cncc(C)c3)nc3onc(-c4ccccc4)c23)cc1OC. The maximum atomic E-state index is 13.6. The molecule has 0 radical (unpaired) electrons. The van der Waals surface area contributed by atoms with Gasteiger partial charge in [0.25, 0.3) is 11.6 Å². The summed E-state index contributed by atoms with van der Waals surface area (Å²) in [5, 5.41) is 7.82. The zero-order valence-corrected chi connectivity index (χ0v) is 20.1. The number of hydrogen-bond acceptors (Lipinski definition) is 7. The number of amides is 1. The maximum Gasteiger partial charge on any atom is 0.259 e. The summed E-state index contributed by atoms with van der Waals surface area (Å²) in [5.41, 5.74) is 5.29. The molecule has 8 nitrogen and oxygen atoms in total. The number of carbonyl (C=O) groups is 1. The molecule has 3 aromatic heterocycles. The Morgan fingerprint density at radius 2 is 1.75 bits per heavy atom. The molecular formula is C28H24N4O4. The Kier molecular flexibility index (Phi) is 6.32. The molecular weight excluding hydrogens is 456 g/mol. The van der Waals surface area contributed by atoms with Gasteiger partial charge in [0, 0.05) is 30.1 Å². The van der Waals surface area contributed by atoms with Gasteiger partial charge in [0.2, 0.25) is 0 Å². The molecule has 3 heterocycles. The first kappa shape index (κ1) is 23.0. The van der Waals surface area contributed by atoms with Crippen molar-refractivity contribution in [3.63, 3.8) is 0 Å². The van der Waals surface area contributed by atoms with Crippen LogP contribution in [0.2, 0.25) is 0 Å². The molecule has 0 aliphatic rings. The number of nitrogens with one attached hydrogen (secondary N) is 1.